The molecular weight excluding hydrogens is 452 g/mol. The highest BCUT2D eigenvalue weighted by molar-refractivity contribution is 9.24. The van der Waals surface area contributed by atoms with E-state index in [9.17, 15) is 9.59 Å². The minimum atomic E-state index is -0.121. The highest BCUT2D eigenvalue weighted by Crippen LogP contribution is 2.40. The van der Waals surface area contributed by atoms with Gasteiger partial charge in [-0.25, -0.2) is 0 Å². The Hall–Kier alpha value is -0.780. The lowest BCUT2D eigenvalue weighted by atomic mass is 9.83. The van der Waals surface area contributed by atoms with E-state index < -0.39 is 0 Å². The van der Waals surface area contributed by atoms with Crippen LogP contribution in [0.3, 0.4) is 0 Å². The number of halogens is 3. The van der Waals surface area contributed by atoms with Gasteiger partial charge < -0.3 is 0 Å². The zero-order chi connectivity index (χ0) is 14.4. The van der Waals surface area contributed by atoms with Crippen molar-refractivity contribution in [1.82, 2.24) is 0 Å². The van der Waals surface area contributed by atoms with Gasteiger partial charge >= 0.3 is 0 Å². The Balaban J connectivity index is 2.31. The summed E-state index contributed by atoms with van der Waals surface area (Å²) in [6.45, 7) is 0. The molecule has 0 fully saturated rings. The van der Waals surface area contributed by atoms with E-state index in [1.165, 1.54) is 0 Å². The normalized spacial score (nSPS) is 13.4. The fraction of sp³-hybridized carbons (Fsp3) is 0.0667. The first-order valence-electron chi connectivity index (χ1n) is 5.81. The van der Waals surface area contributed by atoms with Gasteiger partial charge in [0.25, 0.3) is 0 Å². The molecule has 0 heterocycles. The molecule has 0 saturated heterocycles. The van der Waals surface area contributed by atoms with Crippen molar-refractivity contribution in [1.29, 1.82) is 0 Å². The van der Waals surface area contributed by atoms with Gasteiger partial charge in [-0.3, -0.25) is 9.59 Å². The third-order valence-electron chi connectivity index (χ3n) is 3.29. The summed E-state index contributed by atoms with van der Waals surface area (Å²) in [5, 5.41) is 0. The van der Waals surface area contributed by atoms with Crippen molar-refractivity contribution in [3.05, 3.63) is 68.7 Å². The van der Waals surface area contributed by atoms with E-state index in [-0.39, 0.29) is 15.3 Å². The van der Waals surface area contributed by atoms with Crippen LogP contribution in [0, 0.1) is 0 Å². The van der Waals surface area contributed by atoms with Crippen molar-refractivity contribution in [2.75, 3.05) is 0 Å². The Morgan fingerprint density at radius 1 is 0.800 bits per heavy atom. The van der Waals surface area contributed by atoms with E-state index in [0.29, 0.717) is 26.7 Å². The molecule has 0 atom stereocenters. The Kier molecular flexibility index (Phi) is 3.69. The second-order valence-electron chi connectivity index (χ2n) is 4.40. The van der Waals surface area contributed by atoms with E-state index >= 15 is 0 Å². The van der Waals surface area contributed by atoms with Gasteiger partial charge in [0, 0.05) is 26.7 Å². The molecule has 0 N–H and O–H groups in total. The van der Waals surface area contributed by atoms with Gasteiger partial charge in [-0.1, -0.05) is 62.2 Å². The Morgan fingerprint density at radius 3 is 2.00 bits per heavy atom. The predicted octanol–water partition coefficient (Wildman–Crippen LogP) is 5.01. The summed E-state index contributed by atoms with van der Waals surface area (Å²) in [4.78, 5) is 25.1. The van der Waals surface area contributed by atoms with Crippen LogP contribution in [0.25, 0.3) is 0 Å². The van der Waals surface area contributed by atoms with Crippen LogP contribution in [0.5, 0.6) is 0 Å². The maximum atomic E-state index is 12.6. The Bertz CT molecular complexity index is 751. The van der Waals surface area contributed by atoms with Gasteiger partial charge in [-0.05, 0) is 27.6 Å². The fourth-order valence-corrected chi connectivity index (χ4v) is 4.46. The minimum Gasteiger partial charge on any atom is -0.289 e. The smallest absolute Gasteiger partial charge is 0.195 e. The molecule has 100 valence electrons. The molecule has 0 aromatic heterocycles. The topological polar surface area (TPSA) is 34.1 Å². The van der Waals surface area contributed by atoms with Crippen molar-refractivity contribution in [2.24, 2.45) is 0 Å². The van der Waals surface area contributed by atoms with Crippen LogP contribution in [-0.2, 0) is 0 Å². The lowest BCUT2D eigenvalue weighted by molar-refractivity contribution is 0.0978. The average Bonchev–Trinajstić information content (AvgIpc) is 2.44. The minimum absolute atomic E-state index is 0.0882. The predicted molar refractivity (Wildman–Crippen MR) is 88.0 cm³/mol. The maximum absolute atomic E-state index is 12.6. The highest BCUT2D eigenvalue weighted by Gasteiger charge is 2.32. The van der Waals surface area contributed by atoms with Crippen molar-refractivity contribution in [2.45, 2.75) is 3.74 Å². The number of alkyl halides is 2. The first-order valence-corrected chi connectivity index (χ1v) is 8.43. The molecule has 0 saturated carbocycles. The standard InChI is InChI=1S/C15H7Br3O2/c16-12-10(15(17)18)6-5-9-11(12)14(20)8-4-2-1-3-7(8)13(9)19/h1-6,15H. The molecule has 0 radical (unpaired) electrons. The lowest BCUT2D eigenvalue weighted by Gasteiger charge is -2.20. The number of fused-ring (bicyclic) bond motifs is 2. The van der Waals surface area contributed by atoms with E-state index in [4.69, 9.17) is 0 Å². The Labute approximate surface area is 141 Å². The molecule has 2 aromatic rings. The number of hydrogen-bond donors (Lipinski definition) is 0. The molecule has 0 unspecified atom stereocenters. The monoisotopic (exact) mass is 456 g/mol. The summed E-state index contributed by atoms with van der Waals surface area (Å²) in [7, 11) is 0. The number of ketones is 2. The molecule has 2 aromatic carbocycles. The third-order valence-corrected chi connectivity index (χ3v) is 5.14. The molecule has 1 aliphatic rings. The molecular formula is C15H7Br3O2. The van der Waals surface area contributed by atoms with Crippen LogP contribution in [0.2, 0.25) is 0 Å². The molecule has 0 aliphatic heterocycles. The zero-order valence-electron chi connectivity index (χ0n) is 9.99. The molecule has 20 heavy (non-hydrogen) atoms. The van der Waals surface area contributed by atoms with Gasteiger partial charge in [0.05, 0.1) is 3.74 Å². The number of benzene rings is 2. The van der Waals surface area contributed by atoms with Crippen LogP contribution in [0.1, 0.15) is 41.1 Å². The van der Waals surface area contributed by atoms with Crippen LogP contribution in [0.4, 0.5) is 0 Å². The SMILES string of the molecule is O=C1c2ccccc2C(=O)c2c1ccc(C(Br)Br)c2Br. The van der Waals surface area contributed by atoms with E-state index in [1.54, 1.807) is 30.3 Å². The summed E-state index contributed by atoms with van der Waals surface area (Å²) < 4.78 is 0.566. The van der Waals surface area contributed by atoms with Crippen molar-refractivity contribution in [3.63, 3.8) is 0 Å². The fourth-order valence-electron chi connectivity index (χ4n) is 2.33. The van der Waals surface area contributed by atoms with Crippen LogP contribution in [-0.4, -0.2) is 11.6 Å². The van der Waals surface area contributed by atoms with Crippen LogP contribution in [0.15, 0.2) is 40.9 Å². The third kappa shape index (κ3) is 2.03. The van der Waals surface area contributed by atoms with Gasteiger partial charge in [0.2, 0.25) is 0 Å². The molecule has 2 nitrogen and oxygen atoms in total. The van der Waals surface area contributed by atoms with Gasteiger partial charge in [0.1, 0.15) is 0 Å². The molecule has 0 bridgehead atoms. The number of rotatable bonds is 1. The van der Waals surface area contributed by atoms with Crippen LogP contribution < -0.4 is 0 Å². The van der Waals surface area contributed by atoms with Crippen molar-refractivity contribution >= 4 is 59.4 Å². The average molecular weight is 459 g/mol. The molecule has 1 aliphatic carbocycles. The summed E-state index contributed by atoms with van der Waals surface area (Å²) in [5.41, 5.74) is 2.70. The zero-order valence-corrected chi connectivity index (χ0v) is 14.7. The second-order valence-corrected chi connectivity index (χ2v) is 8.25. The quantitative estimate of drug-likeness (QED) is 0.480. The molecule has 3 rings (SSSR count). The van der Waals surface area contributed by atoms with Gasteiger partial charge in [-0.2, -0.15) is 0 Å². The van der Waals surface area contributed by atoms with Crippen LogP contribution >= 0.6 is 47.8 Å². The highest BCUT2D eigenvalue weighted by atomic mass is 79.9. The maximum Gasteiger partial charge on any atom is 0.195 e. The summed E-state index contributed by atoms with van der Waals surface area (Å²) in [6.07, 6.45) is 0. The van der Waals surface area contributed by atoms with Crippen molar-refractivity contribution < 1.29 is 9.59 Å². The van der Waals surface area contributed by atoms with E-state index in [1.807, 2.05) is 6.07 Å². The summed E-state index contributed by atoms with van der Waals surface area (Å²) in [6, 6.07) is 10.5. The molecule has 0 spiro atoms. The first-order chi connectivity index (χ1) is 9.52. The molecule has 0 amide bonds. The Morgan fingerprint density at radius 2 is 1.40 bits per heavy atom. The summed E-state index contributed by atoms with van der Waals surface area (Å²) >= 11 is 10.3. The van der Waals surface area contributed by atoms with Gasteiger partial charge in [-0.15, -0.1) is 0 Å². The number of carbonyl (C=O) groups excluding carboxylic acids is 2. The van der Waals surface area contributed by atoms with Gasteiger partial charge in [0.15, 0.2) is 11.6 Å². The molecule has 5 heteroatoms. The largest absolute Gasteiger partial charge is 0.289 e. The van der Waals surface area contributed by atoms with Crippen molar-refractivity contribution in [3.8, 4) is 0 Å². The number of carbonyl (C=O) groups is 2. The van der Waals surface area contributed by atoms with E-state index in [2.05, 4.69) is 47.8 Å². The lowest BCUT2D eigenvalue weighted by Crippen LogP contribution is -2.21. The van der Waals surface area contributed by atoms with E-state index in [0.717, 1.165) is 5.56 Å². The summed E-state index contributed by atoms with van der Waals surface area (Å²) in [5.74, 6) is -0.229. The second kappa shape index (κ2) is 5.20. The number of hydrogen-bond acceptors (Lipinski definition) is 2. The first kappa shape index (κ1) is 14.2.